The highest BCUT2D eigenvalue weighted by molar-refractivity contribution is 7.09. The van der Waals surface area contributed by atoms with Crippen molar-refractivity contribution in [3.8, 4) is 0 Å². The third-order valence-electron chi connectivity index (χ3n) is 1.84. The summed E-state index contributed by atoms with van der Waals surface area (Å²) in [6, 6.07) is 4.27. The monoisotopic (exact) mass is 198 g/mol. The maximum absolute atomic E-state index is 3.42. The Morgan fingerprint density at radius 3 is 2.85 bits per heavy atom. The van der Waals surface area contributed by atoms with Crippen molar-refractivity contribution in [2.45, 2.75) is 19.9 Å². The first-order valence-corrected chi connectivity index (χ1v) is 5.75. The van der Waals surface area contributed by atoms with Crippen LogP contribution in [0.2, 0.25) is 0 Å². The van der Waals surface area contributed by atoms with Crippen molar-refractivity contribution < 1.29 is 0 Å². The summed E-state index contributed by atoms with van der Waals surface area (Å²) in [5, 5.41) is 8.84. The molecule has 74 valence electrons. The van der Waals surface area contributed by atoms with Gasteiger partial charge in [0.1, 0.15) is 0 Å². The highest BCUT2D eigenvalue weighted by Crippen LogP contribution is 2.06. The zero-order valence-electron chi connectivity index (χ0n) is 8.18. The lowest BCUT2D eigenvalue weighted by atomic mass is 10.4. The molecule has 0 aliphatic heterocycles. The lowest BCUT2D eigenvalue weighted by Crippen LogP contribution is -2.21. The van der Waals surface area contributed by atoms with Crippen LogP contribution in [-0.4, -0.2) is 19.6 Å². The van der Waals surface area contributed by atoms with Gasteiger partial charge in [0.05, 0.1) is 0 Å². The Kier molecular flexibility index (Phi) is 5.81. The third kappa shape index (κ3) is 5.03. The van der Waals surface area contributed by atoms with Gasteiger partial charge < -0.3 is 10.6 Å². The summed E-state index contributed by atoms with van der Waals surface area (Å²) < 4.78 is 0. The van der Waals surface area contributed by atoms with Crippen molar-refractivity contribution in [2.24, 2.45) is 0 Å². The molecule has 0 atom stereocenters. The standard InChI is InChI=1S/C10H18N2S/c1-2-11-6-4-7-12-9-10-5-3-8-13-10/h3,5,8,11-12H,2,4,6-7,9H2,1H3. The molecule has 1 heterocycles. The van der Waals surface area contributed by atoms with Crippen LogP contribution < -0.4 is 10.6 Å². The van der Waals surface area contributed by atoms with E-state index in [2.05, 4.69) is 35.1 Å². The Labute approximate surface area is 84.4 Å². The minimum absolute atomic E-state index is 1.02. The van der Waals surface area contributed by atoms with Crippen molar-refractivity contribution in [1.29, 1.82) is 0 Å². The van der Waals surface area contributed by atoms with E-state index >= 15 is 0 Å². The second kappa shape index (κ2) is 7.06. The predicted molar refractivity (Wildman–Crippen MR) is 59.2 cm³/mol. The molecule has 2 N–H and O–H groups in total. The smallest absolute Gasteiger partial charge is 0.0299 e. The van der Waals surface area contributed by atoms with E-state index in [1.807, 2.05) is 11.3 Å². The van der Waals surface area contributed by atoms with Crippen LogP contribution in [-0.2, 0) is 6.54 Å². The summed E-state index contributed by atoms with van der Waals surface area (Å²) in [4.78, 5) is 1.42. The first-order chi connectivity index (χ1) is 6.43. The molecule has 0 aliphatic rings. The average Bonchev–Trinajstić information content (AvgIpc) is 2.63. The van der Waals surface area contributed by atoms with Gasteiger partial charge in [-0.2, -0.15) is 0 Å². The number of nitrogens with one attached hydrogen (secondary N) is 2. The first kappa shape index (κ1) is 10.7. The molecule has 1 rings (SSSR count). The highest BCUT2D eigenvalue weighted by Gasteiger charge is 1.91. The predicted octanol–water partition coefficient (Wildman–Crippen LogP) is 1.84. The van der Waals surface area contributed by atoms with Gasteiger partial charge in [0.2, 0.25) is 0 Å². The molecule has 0 saturated carbocycles. The molecule has 0 saturated heterocycles. The second-order valence-electron chi connectivity index (χ2n) is 2.96. The molecule has 13 heavy (non-hydrogen) atoms. The molecule has 0 bridgehead atoms. The van der Waals surface area contributed by atoms with E-state index in [0.717, 1.165) is 26.2 Å². The SMILES string of the molecule is CCNCCCNCc1cccs1. The van der Waals surface area contributed by atoms with Crippen molar-refractivity contribution in [3.05, 3.63) is 22.4 Å². The number of hydrogen-bond acceptors (Lipinski definition) is 3. The molecule has 0 amide bonds. The van der Waals surface area contributed by atoms with E-state index in [-0.39, 0.29) is 0 Å². The maximum Gasteiger partial charge on any atom is 0.0299 e. The molecular weight excluding hydrogens is 180 g/mol. The van der Waals surface area contributed by atoms with Crippen LogP contribution in [0.15, 0.2) is 17.5 Å². The van der Waals surface area contributed by atoms with E-state index in [1.165, 1.54) is 11.3 Å². The van der Waals surface area contributed by atoms with Crippen molar-refractivity contribution >= 4 is 11.3 Å². The van der Waals surface area contributed by atoms with E-state index < -0.39 is 0 Å². The molecule has 0 aliphatic carbocycles. The van der Waals surface area contributed by atoms with Crippen LogP contribution in [0.5, 0.6) is 0 Å². The van der Waals surface area contributed by atoms with Gasteiger partial charge >= 0.3 is 0 Å². The normalized spacial score (nSPS) is 10.5. The molecule has 0 spiro atoms. The van der Waals surface area contributed by atoms with Crippen molar-refractivity contribution in [3.63, 3.8) is 0 Å². The van der Waals surface area contributed by atoms with Crippen molar-refractivity contribution in [2.75, 3.05) is 19.6 Å². The fourth-order valence-corrected chi connectivity index (χ4v) is 1.81. The van der Waals surface area contributed by atoms with E-state index in [1.54, 1.807) is 0 Å². The van der Waals surface area contributed by atoms with E-state index in [9.17, 15) is 0 Å². The lowest BCUT2D eigenvalue weighted by Gasteiger charge is -2.03. The van der Waals surface area contributed by atoms with Crippen LogP contribution in [0, 0.1) is 0 Å². The molecule has 0 unspecified atom stereocenters. The summed E-state index contributed by atoms with van der Waals surface area (Å²) in [5.41, 5.74) is 0. The number of rotatable bonds is 7. The van der Waals surface area contributed by atoms with Gasteiger partial charge in [-0.25, -0.2) is 0 Å². The van der Waals surface area contributed by atoms with Crippen molar-refractivity contribution in [1.82, 2.24) is 10.6 Å². The minimum Gasteiger partial charge on any atom is -0.317 e. The second-order valence-corrected chi connectivity index (χ2v) is 4.00. The van der Waals surface area contributed by atoms with Crippen LogP contribution in [0.3, 0.4) is 0 Å². The fraction of sp³-hybridized carbons (Fsp3) is 0.600. The summed E-state index contributed by atoms with van der Waals surface area (Å²) in [5.74, 6) is 0. The Hall–Kier alpha value is -0.380. The topological polar surface area (TPSA) is 24.1 Å². The summed E-state index contributed by atoms with van der Waals surface area (Å²) in [7, 11) is 0. The molecular formula is C10H18N2S. The first-order valence-electron chi connectivity index (χ1n) is 4.87. The zero-order chi connectivity index (χ0) is 9.36. The minimum atomic E-state index is 1.02. The van der Waals surface area contributed by atoms with Gasteiger partial charge in [0.15, 0.2) is 0 Å². The molecule has 0 aromatic carbocycles. The average molecular weight is 198 g/mol. The van der Waals surface area contributed by atoms with Gasteiger partial charge in [0, 0.05) is 11.4 Å². The maximum atomic E-state index is 3.42. The Morgan fingerprint density at radius 2 is 2.15 bits per heavy atom. The molecule has 2 nitrogen and oxygen atoms in total. The Balaban J connectivity index is 1.90. The number of thiophene rings is 1. The fourth-order valence-electron chi connectivity index (χ4n) is 1.14. The molecule has 0 radical (unpaired) electrons. The van der Waals surface area contributed by atoms with Crippen LogP contribution in [0.1, 0.15) is 18.2 Å². The van der Waals surface area contributed by atoms with E-state index in [4.69, 9.17) is 0 Å². The Morgan fingerprint density at radius 1 is 1.31 bits per heavy atom. The lowest BCUT2D eigenvalue weighted by molar-refractivity contribution is 0.609. The van der Waals surface area contributed by atoms with Gasteiger partial charge in [-0.15, -0.1) is 11.3 Å². The van der Waals surface area contributed by atoms with Gasteiger partial charge in [-0.1, -0.05) is 13.0 Å². The van der Waals surface area contributed by atoms with Gasteiger partial charge in [-0.05, 0) is 37.5 Å². The zero-order valence-corrected chi connectivity index (χ0v) is 8.99. The summed E-state index contributed by atoms with van der Waals surface area (Å²) >= 11 is 1.81. The summed E-state index contributed by atoms with van der Waals surface area (Å²) in [6.07, 6.45) is 1.21. The largest absolute Gasteiger partial charge is 0.317 e. The number of hydrogen-bond donors (Lipinski definition) is 2. The molecule has 1 aromatic heterocycles. The highest BCUT2D eigenvalue weighted by atomic mass is 32.1. The van der Waals surface area contributed by atoms with Crippen LogP contribution in [0.25, 0.3) is 0 Å². The van der Waals surface area contributed by atoms with Gasteiger partial charge in [0.25, 0.3) is 0 Å². The van der Waals surface area contributed by atoms with Gasteiger partial charge in [-0.3, -0.25) is 0 Å². The Bertz CT molecular complexity index is 197. The van der Waals surface area contributed by atoms with Crippen LogP contribution in [0.4, 0.5) is 0 Å². The third-order valence-corrected chi connectivity index (χ3v) is 2.71. The molecule has 3 heteroatoms. The van der Waals surface area contributed by atoms with E-state index in [0.29, 0.717) is 0 Å². The molecule has 1 aromatic rings. The van der Waals surface area contributed by atoms with Crippen LogP contribution >= 0.6 is 11.3 Å². The quantitative estimate of drug-likeness (QED) is 0.653. The molecule has 0 fully saturated rings. The summed E-state index contributed by atoms with van der Waals surface area (Å²) in [6.45, 7) is 6.45.